The van der Waals surface area contributed by atoms with E-state index in [-0.39, 0.29) is 12.4 Å². The zero-order chi connectivity index (χ0) is 8.67. The SMILES string of the molecule is Cl.c1cc2c(cc1OC1CC1)CNC2. The van der Waals surface area contributed by atoms with Gasteiger partial charge in [-0.3, -0.25) is 0 Å². The Balaban J connectivity index is 0.000000750. The summed E-state index contributed by atoms with van der Waals surface area (Å²) in [4.78, 5) is 0. The van der Waals surface area contributed by atoms with Crippen LogP contribution in [0.4, 0.5) is 0 Å². The van der Waals surface area contributed by atoms with E-state index < -0.39 is 0 Å². The van der Waals surface area contributed by atoms with Crippen molar-refractivity contribution in [3.05, 3.63) is 29.3 Å². The number of hydrogen-bond donors (Lipinski definition) is 1. The molecule has 0 radical (unpaired) electrons. The van der Waals surface area contributed by atoms with E-state index in [0.29, 0.717) is 6.10 Å². The van der Waals surface area contributed by atoms with E-state index in [2.05, 4.69) is 23.5 Å². The Bertz CT molecular complexity index is 336. The average molecular weight is 212 g/mol. The number of benzene rings is 1. The highest BCUT2D eigenvalue weighted by Crippen LogP contribution is 2.28. The largest absolute Gasteiger partial charge is 0.490 e. The maximum atomic E-state index is 5.72. The van der Waals surface area contributed by atoms with Gasteiger partial charge >= 0.3 is 0 Å². The first-order valence-electron chi connectivity index (χ1n) is 4.91. The van der Waals surface area contributed by atoms with Gasteiger partial charge in [0.1, 0.15) is 5.75 Å². The molecule has 3 heteroatoms. The number of ether oxygens (including phenoxy) is 1. The quantitative estimate of drug-likeness (QED) is 0.811. The van der Waals surface area contributed by atoms with E-state index >= 15 is 0 Å². The summed E-state index contributed by atoms with van der Waals surface area (Å²) in [5.74, 6) is 1.05. The Morgan fingerprint density at radius 3 is 2.71 bits per heavy atom. The summed E-state index contributed by atoms with van der Waals surface area (Å²) in [5.41, 5.74) is 2.82. The van der Waals surface area contributed by atoms with Crippen LogP contribution in [0.5, 0.6) is 5.75 Å². The summed E-state index contributed by atoms with van der Waals surface area (Å²) in [5, 5.41) is 3.33. The molecule has 0 atom stereocenters. The lowest BCUT2D eigenvalue weighted by Crippen LogP contribution is -2.00. The van der Waals surface area contributed by atoms with E-state index in [1.165, 1.54) is 24.0 Å². The van der Waals surface area contributed by atoms with Gasteiger partial charge in [-0.25, -0.2) is 0 Å². The molecule has 0 bridgehead atoms. The number of rotatable bonds is 2. The molecule has 0 aromatic heterocycles. The smallest absolute Gasteiger partial charge is 0.120 e. The van der Waals surface area contributed by atoms with Crippen LogP contribution in [0.15, 0.2) is 18.2 Å². The van der Waals surface area contributed by atoms with Crippen molar-refractivity contribution in [2.75, 3.05) is 0 Å². The summed E-state index contributed by atoms with van der Waals surface area (Å²) in [6.45, 7) is 2.01. The van der Waals surface area contributed by atoms with Crippen molar-refractivity contribution >= 4 is 12.4 Å². The molecular weight excluding hydrogens is 198 g/mol. The predicted molar refractivity (Wildman–Crippen MR) is 57.9 cm³/mol. The molecule has 0 unspecified atom stereocenters. The van der Waals surface area contributed by atoms with Crippen LogP contribution in [-0.4, -0.2) is 6.10 Å². The summed E-state index contributed by atoms with van der Waals surface area (Å²) < 4.78 is 5.72. The van der Waals surface area contributed by atoms with Crippen LogP contribution >= 0.6 is 12.4 Å². The van der Waals surface area contributed by atoms with Gasteiger partial charge in [0.15, 0.2) is 0 Å². The normalized spacial score (nSPS) is 18.6. The molecule has 76 valence electrons. The summed E-state index contributed by atoms with van der Waals surface area (Å²) in [6.07, 6.45) is 2.97. The third-order valence-electron chi connectivity index (χ3n) is 2.64. The maximum Gasteiger partial charge on any atom is 0.120 e. The molecule has 1 N–H and O–H groups in total. The molecule has 1 aromatic rings. The minimum Gasteiger partial charge on any atom is -0.490 e. The van der Waals surface area contributed by atoms with Crippen LogP contribution in [0.1, 0.15) is 24.0 Å². The van der Waals surface area contributed by atoms with Crippen molar-refractivity contribution in [2.24, 2.45) is 0 Å². The van der Waals surface area contributed by atoms with Crippen molar-refractivity contribution in [2.45, 2.75) is 32.0 Å². The van der Waals surface area contributed by atoms with Gasteiger partial charge in [-0.05, 0) is 36.1 Å². The Morgan fingerprint density at radius 1 is 1.14 bits per heavy atom. The first-order chi connectivity index (χ1) is 6.42. The van der Waals surface area contributed by atoms with Crippen LogP contribution in [0.3, 0.4) is 0 Å². The third-order valence-corrected chi connectivity index (χ3v) is 2.64. The molecule has 1 heterocycles. The van der Waals surface area contributed by atoms with Crippen molar-refractivity contribution in [1.82, 2.24) is 5.32 Å². The molecule has 1 aliphatic carbocycles. The fraction of sp³-hybridized carbons (Fsp3) is 0.455. The summed E-state index contributed by atoms with van der Waals surface area (Å²) in [6, 6.07) is 6.44. The second kappa shape index (κ2) is 3.79. The Morgan fingerprint density at radius 2 is 1.93 bits per heavy atom. The minimum absolute atomic E-state index is 0. The highest BCUT2D eigenvalue weighted by Gasteiger charge is 2.23. The van der Waals surface area contributed by atoms with Crippen LogP contribution in [0.2, 0.25) is 0 Å². The average Bonchev–Trinajstić information content (AvgIpc) is 2.83. The fourth-order valence-electron chi connectivity index (χ4n) is 1.72. The topological polar surface area (TPSA) is 21.3 Å². The van der Waals surface area contributed by atoms with Gasteiger partial charge < -0.3 is 10.1 Å². The summed E-state index contributed by atoms with van der Waals surface area (Å²) in [7, 11) is 0. The minimum atomic E-state index is 0. The molecule has 1 aliphatic heterocycles. The van der Waals surface area contributed by atoms with Crippen LogP contribution in [-0.2, 0) is 13.1 Å². The molecule has 1 aromatic carbocycles. The van der Waals surface area contributed by atoms with E-state index in [1.54, 1.807) is 0 Å². The second-order valence-corrected chi connectivity index (χ2v) is 3.85. The highest BCUT2D eigenvalue weighted by atomic mass is 35.5. The highest BCUT2D eigenvalue weighted by molar-refractivity contribution is 5.85. The number of hydrogen-bond acceptors (Lipinski definition) is 2. The Kier molecular flexibility index (Phi) is 2.66. The third kappa shape index (κ3) is 1.86. The fourth-order valence-corrected chi connectivity index (χ4v) is 1.72. The molecule has 3 rings (SSSR count). The molecule has 1 fully saturated rings. The van der Waals surface area contributed by atoms with Gasteiger partial charge in [0.05, 0.1) is 6.10 Å². The lowest BCUT2D eigenvalue weighted by atomic mass is 10.1. The Labute approximate surface area is 90.1 Å². The number of nitrogens with one attached hydrogen (secondary N) is 1. The van der Waals surface area contributed by atoms with Crippen molar-refractivity contribution in [1.29, 1.82) is 0 Å². The van der Waals surface area contributed by atoms with E-state index in [0.717, 1.165) is 18.8 Å². The molecular formula is C11H14ClNO. The van der Waals surface area contributed by atoms with E-state index in [9.17, 15) is 0 Å². The van der Waals surface area contributed by atoms with Crippen molar-refractivity contribution in [3.63, 3.8) is 0 Å². The molecule has 0 amide bonds. The Hall–Kier alpha value is -0.730. The molecule has 2 aliphatic rings. The predicted octanol–water partition coefficient (Wildman–Crippen LogP) is 2.25. The van der Waals surface area contributed by atoms with Gasteiger partial charge in [0, 0.05) is 13.1 Å². The first-order valence-corrected chi connectivity index (χ1v) is 4.91. The lowest BCUT2D eigenvalue weighted by molar-refractivity contribution is 0.303. The van der Waals surface area contributed by atoms with Gasteiger partial charge in [0.2, 0.25) is 0 Å². The zero-order valence-electron chi connectivity index (χ0n) is 7.95. The van der Waals surface area contributed by atoms with Crippen LogP contribution in [0.25, 0.3) is 0 Å². The molecule has 0 saturated heterocycles. The second-order valence-electron chi connectivity index (χ2n) is 3.85. The maximum absolute atomic E-state index is 5.72. The standard InChI is InChI=1S/C11H13NO.ClH/c1-2-11(13-10-3-4-10)5-9-7-12-6-8(1)9;/h1-2,5,10,12H,3-4,6-7H2;1H. The molecule has 2 nitrogen and oxygen atoms in total. The van der Waals surface area contributed by atoms with E-state index in [4.69, 9.17) is 4.74 Å². The molecule has 14 heavy (non-hydrogen) atoms. The van der Waals surface area contributed by atoms with Gasteiger partial charge in [-0.2, -0.15) is 0 Å². The van der Waals surface area contributed by atoms with E-state index in [1.807, 2.05) is 0 Å². The number of halogens is 1. The van der Waals surface area contributed by atoms with Gasteiger partial charge in [-0.1, -0.05) is 6.07 Å². The molecule has 1 saturated carbocycles. The van der Waals surface area contributed by atoms with Crippen molar-refractivity contribution < 1.29 is 4.74 Å². The van der Waals surface area contributed by atoms with Crippen LogP contribution < -0.4 is 10.1 Å². The zero-order valence-corrected chi connectivity index (χ0v) is 8.77. The molecule has 0 spiro atoms. The lowest BCUT2D eigenvalue weighted by Gasteiger charge is -2.05. The monoisotopic (exact) mass is 211 g/mol. The summed E-state index contributed by atoms with van der Waals surface area (Å²) >= 11 is 0. The van der Waals surface area contributed by atoms with Crippen molar-refractivity contribution in [3.8, 4) is 5.75 Å². The number of fused-ring (bicyclic) bond motifs is 1. The van der Waals surface area contributed by atoms with Gasteiger partial charge in [-0.15, -0.1) is 12.4 Å². The van der Waals surface area contributed by atoms with Crippen LogP contribution in [0, 0.1) is 0 Å². The first kappa shape index (κ1) is 9.81. The van der Waals surface area contributed by atoms with Gasteiger partial charge in [0.25, 0.3) is 0 Å².